The van der Waals surface area contributed by atoms with Gasteiger partial charge in [-0.3, -0.25) is 4.79 Å². The van der Waals surface area contributed by atoms with Gasteiger partial charge in [-0.15, -0.1) is 0 Å². The van der Waals surface area contributed by atoms with Crippen molar-refractivity contribution in [1.82, 2.24) is 10.3 Å². The first-order valence-electron chi connectivity index (χ1n) is 8.12. The minimum Gasteiger partial charge on any atom is -0.467 e. The molecule has 2 aromatic rings. The number of nitrogens with one attached hydrogen (secondary N) is 2. The van der Waals surface area contributed by atoms with E-state index in [4.69, 9.17) is 4.74 Å². The Morgan fingerprint density at radius 3 is 2.78 bits per heavy atom. The summed E-state index contributed by atoms with van der Waals surface area (Å²) in [5, 5.41) is 3.95. The SMILES string of the molecule is COC(=O)C(Cc1c[nH]c2ccccc12)NC(=O)C1CCCC1. The highest BCUT2D eigenvalue weighted by atomic mass is 16.5. The van der Waals surface area contributed by atoms with Gasteiger partial charge in [0.1, 0.15) is 6.04 Å². The molecule has 1 aliphatic rings. The van der Waals surface area contributed by atoms with Gasteiger partial charge in [0.25, 0.3) is 0 Å². The molecule has 1 unspecified atom stereocenters. The maximum atomic E-state index is 12.3. The smallest absolute Gasteiger partial charge is 0.328 e. The van der Waals surface area contributed by atoms with E-state index in [-0.39, 0.29) is 11.8 Å². The highest BCUT2D eigenvalue weighted by Crippen LogP contribution is 2.25. The van der Waals surface area contributed by atoms with E-state index in [0.29, 0.717) is 6.42 Å². The number of aromatic nitrogens is 1. The van der Waals surface area contributed by atoms with E-state index in [1.807, 2.05) is 30.5 Å². The fourth-order valence-electron chi connectivity index (χ4n) is 3.33. The molecule has 3 rings (SSSR count). The van der Waals surface area contributed by atoms with Gasteiger partial charge < -0.3 is 15.0 Å². The maximum absolute atomic E-state index is 12.3. The Morgan fingerprint density at radius 1 is 1.30 bits per heavy atom. The van der Waals surface area contributed by atoms with Crippen LogP contribution in [0.15, 0.2) is 30.5 Å². The molecule has 1 fully saturated rings. The van der Waals surface area contributed by atoms with Crippen LogP contribution in [-0.2, 0) is 20.7 Å². The summed E-state index contributed by atoms with van der Waals surface area (Å²) in [7, 11) is 1.35. The number of fused-ring (bicyclic) bond motifs is 1. The molecule has 1 aromatic heterocycles. The van der Waals surface area contributed by atoms with E-state index < -0.39 is 12.0 Å². The molecule has 0 aliphatic heterocycles. The predicted octanol–water partition coefficient (Wildman–Crippen LogP) is 2.56. The van der Waals surface area contributed by atoms with Crippen molar-refractivity contribution in [2.24, 2.45) is 5.92 Å². The molecule has 23 heavy (non-hydrogen) atoms. The molecule has 5 heteroatoms. The van der Waals surface area contributed by atoms with Gasteiger partial charge in [-0.05, 0) is 24.5 Å². The lowest BCUT2D eigenvalue weighted by atomic mass is 10.0. The second-order valence-electron chi connectivity index (χ2n) is 6.13. The molecule has 1 atom stereocenters. The lowest BCUT2D eigenvalue weighted by molar-refractivity contribution is -0.145. The number of H-pyrrole nitrogens is 1. The minimum absolute atomic E-state index is 0.0299. The molecule has 1 aliphatic carbocycles. The Labute approximate surface area is 135 Å². The number of ether oxygens (including phenoxy) is 1. The third-order valence-corrected chi connectivity index (χ3v) is 4.63. The second kappa shape index (κ2) is 6.86. The summed E-state index contributed by atoms with van der Waals surface area (Å²) in [6.07, 6.45) is 6.31. The second-order valence-corrected chi connectivity index (χ2v) is 6.13. The molecular weight excluding hydrogens is 292 g/mol. The summed E-state index contributed by atoms with van der Waals surface area (Å²) >= 11 is 0. The van der Waals surface area contributed by atoms with Gasteiger partial charge in [-0.1, -0.05) is 31.0 Å². The third-order valence-electron chi connectivity index (χ3n) is 4.63. The Balaban J connectivity index is 1.76. The van der Waals surface area contributed by atoms with Crippen LogP contribution in [0, 0.1) is 5.92 Å². The first-order valence-corrected chi connectivity index (χ1v) is 8.12. The summed E-state index contributed by atoms with van der Waals surface area (Å²) < 4.78 is 4.87. The quantitative estimate of drug-likeness (QED) is 0.833. The first-order chi connectivity index (χ1) is 11.2. The standard InChI is InChI=1S/C18H22N2O3/c1-23-18(22)16(20-17(21)12-6-2-3-7-12)10-13-11-19-15-9-5-4-8-14(13)15/h4-5,8-9,11-12,16,19H,2-3,6-7,10H2,1H3,(H,20,21). The van der Waals surface area contributed by atoms with E-state index >= 15 is 0 Å². The first kappa shape index (κ1) is 15.6. The predicted molar refractivity (Wildman–Crippen MR) is 87.9 cm³/mol. The number of hydrogen-bond acceptors (Lipinski definition) is 3. The van der Waals surface area contributed by atoms with Gasteiger partial charge in [0, 0.05) is 29.4 Å². The summed E-state index contributed by atoms with van der Waals surface area (Å²) in [5.74, 6) is -0.399. The largest absolute Gasteiger partial charge is 0.467 e. The molecule has 1 aromatic carbocycles. The third kappa shape index (κ3) is 3.38. The molecular formula is C18H22N2O3. The number of methoxy groups -OCH3 is 1. The molecule has 0 radical (unpaired) electrons. The molecule has 0 saturated heterocycles. The normalized spacial score (nSPS) is 16.4. The average Bonchev–Trinajstić information content (AvgIpc) is 3.23. The molecule has 1 heterocycles. The summed E-state index contributed by atoms with van der Waals surface area (Å²) in [6, 6.07) is 7.27. The fourth-order valence-corrected chi connectivity index (χ4v) is 3.33. The van der Waals surface area contributed by atoms with Crippen molar-refractivity contribution < 1.29 is 14.3 Å². The molecule has 2 N–H and O–H groups in total. The molecule has 0 spiro atoms. The van der Waals surface area contributed by atoms with E-state index in [1.54, 1.807) is 0 Å². The van der Waals surface area contributed by atoms with E-state index in [9.17, 15) is 9.59 Å². The van der Waals surface area contributed by atoms with E-state index in [0.717, 1.165) is 42.1 Å². The van der Waals surface area contributed by atoms with Crippen molar-refractivity contribution in [2.45, 2.75) is 38.1 Å². The number of amides is 1. The Bertz CT molecular complexity index is 701. The zero-order chi connectivity index (χ0) is 16.2. The topological polar surface area (TPSA) is 71.2 Å². The average molecular weight is 314 g/mol. The van der Waals surface area contributed by atoms with Gasteiger partial charge in [-0.2, -0.15) is 0 Å². The summed E-state index contributed by atoms with van der Waals surface area (Å²) in [5.41, 5.74) is 2.02. The number of benzene rings is 1. The van der Waals surface area contributed by atoms with Crippen molar-refractivity contribution in [3.63, 3.8) is 0 Å². The number of carbonyl (C=O) groups is 2. The molecule has 5 nitrogen and oxygen atoms in total. The van der Waals surface area contributed by atoms with E-state index in [1.165, 1.54) is 7.11 Å². The van der Waals surface area contributed by atoms with Crippen LogP contribution >= 0.6 is 0 Å². The van der Waals surface area contributed by atoms with Gasteiger partial charge in [0.15, 0.2) is 0 Å². The number of hydrogen-bond donors (Lipinski definition) is 2. The number of para-hydroxylation sites is 1. The van der Waals surface area contributed by atoms with Crippen LogP contribution in [0.5, 0.6) is 0 Å². The Hall–Kier alpha value is -2.30. The van der Waals surface area contributed by atoms with Crippen LogP contribution in [0.2, 0.25) is 0 Å². The highest BCUT2D eigenvalue weighted by Gasteiger charge is 2.28. The van der Waals surface area contributed by atoms with Crippen LogP contribution in [0.4, 0.5) is 0 Å². The van der Waals surface area contributed by atoms with Gasteiger partial charge in [0.05, 0.1) is 7.11 Å². The van der Waals surface area contributed by atoms with E-state index in [2.05, 4.69) is 10.3 Å². The van der Waals surface area contributed by atoms with Crippen molar-refractivity contribution in [3.8, 4) is 0 Å². The Kier molecular flexibility index (Phi) is 4.65. The van der Waals surface area contributed by atoms with Gasteiger partial charge in [0.2, 0.25) is 5.91 Å². The van der Waals surface area contributed by atoms with Crippen LogP contribution in [-0.4, -0.2) is 30.0 Å². The zero-order valence-corrected chi connectivity index (χ0v) is 13.3. The van der Waals surface area contributed by atoms with Crippen molar-refractivity contribution in [3.05, 3.63) is 36.0 Å². The monoisotopic (exact) mass is 314 g/mol. The lowest BCUT2D eigenvalue weighted by Crippen LogP contribution is -2.45. The lowest BCUT2D eigenvalue weighted by Gasteiger charge is -2.18. The molecule has 1 saturated carbocycles. The fraction of sp³-hybridized carbons (Fsp3) is 0.444. The van der Waals surface area contributed by atoms with Crippen LogP contribution in [0.25, 0.3) is 10.9 Å². The molecule has 0 bridgehead atoms. The van der Waals surface area contributed by atoms with Gasteiger partial charge in [-0.25, -0.2) is 4.79 Å². The highest BCUT2D eigenvalue weighted by molar-refractivity contribution is 5.88. The number of aromatic amines is 1. The van der Waals surface area contributed by atoms with Crippen molar-refractivity contribution >= 4 is 22.8 Å². The van der Waals surface area contributed by atoms with Crippen LogP contribution < -0.4 is 5.32 Å². The summed E-state index contributed by atoms with van der Waals surface area (Å²) in [6.45, 7) is 0. The van der Waals surface area contributed by atoms with Crippen molar-refractivity contribution in [2.75, 3.05) is 7.11 Å². The number of rotatable bonds is 5. The van der Waals surface area contributed by atoms with Gasteiger partial charge >= 0.3 is 5.97 Å². The maximum Gasteiger partial charge on any atom is 0.328 e. The molecule has 122 valence electrons. The van der Waals surface area contributed by atoms with Crippen molar-refractivity contribution in [1.29, 1.82) is 0 Å². The summed E-state index contributed by atoms with van der Waals surface area (Å²) in [4.78, 5) is 27.6. The molecule has 1 amide bonds. The number of carbonyl (C=O) groups excluding carboxylic acids is 2. The minimum atomic E-state index is -0.646. The zero-order valence-electron chi connectivity index (χ0n) is 13.3. The number of esters is 1. The Morgan fingerprint density at radius 2 is 2.04 bits per heavy atom. The van der Waals surface area contributed by atoms with Crippen LogP contribution in [0.3, 0.4) is 0 Å². The van der Waals surface area contributed by atoms with Crippen LogP contribution in [0.1, 0.15) is 31.2 Å².